The molecular formula is C24H23F9N6. The van der Waals surface area contributed by atoms with E-state index in [1.54, 1.807) is 6.92 Å². The number of fused-ring (bicyclic) bond motifs is 1. The van der Waals surface area contributed by atoms with Gasteiger partial charge in [-0.15, -0.1) is 5.10 Å². The quantitative estimate of drug-likeness (QED) is 0.345. The normalized spacial score (nSPS) is 16.4. The number of rotatable bonds is 5. The molecule has 4 rings (SSSR count). The van der Waals surface area contributed by atoms with E-state index in [0.717, 1.165) is 10.9 Å². The summed E-state index contributed by atoms with van der Waals surface area (Å²) in [5, 5.41) is 14.7. The van der Waals surface area contributed by atoms with Crippen LogP contribution in [0.3, 0.4) is 0 Å². The summed E-state index contributed by atoms with van der Waals surface area (Å²) >= 11 is 0. The van der Waals surface area contributed by atoms with Crippen molar-refractivity contribution >= 4 is 11.6 Å². The Bertz CT molecular complexity index is 1290. The zero-order chi connectivity index (χ0) is 28.8. The predicted molar refractivity (Wildman–Crippen MR) is 123 cm³/mol. The fourth-order valence-electron chi connectivity index (χ4n) is 4.66. The van der Waals surface area contributed by atoms with Gasteiger partial charge in [0.25, 0.3) is 5.95 Å². The maximum absolute atomic E-state index is 13.7. The summed E-state index contributed by atoms with van der Waals surface area (Å²) in [5.74, 6) is -0.0979. The lowest BCUT2D eigenvalue weighted by Crippen LogP contribution is -2.30. The highest BCUT2D eigenvalue weighted by molar-refractivity contribution is 5.60. The Balaban J connectivity index is 1.87. The highest BCUT2D eigenvalue weighted by atomic mass is 19.4. The van der Waals surface area contributed by atoms with Crippen molar-refractivity contribution in [1.29, 1.82) is 0 Å². The molecule has 1 unspecified atom stereocenters. The molecule has 0 amide bonds. The maximum atomic E-state index is 13.7. The zero-order valence-corrected chi connectivity index (χ0v) is 20.6. The number of aryl methyl sites for hydroxylation is 2. The van der Waals surface area contributed by atoms with Gasteiger partial charge < -0.3 is 10.2 Å². The predicted octanol–water partition coefficient (Wildman–Crippen LogP) is 6.78. The third-order valence-electron chi connectivity index (χ3n) is 6.42. The molecule has 0 spiro atoms. The molecule has 1 aliphatic rings. The Morgan fingerprint density at radius 2 is 1.56 bits per heavy atom. The van der Waals surface area contributed by atoms with Crippen LogP contribution in [0.15, 0.2) is 30.3 Å². The maximum Gasteiger partial charge on any atom is 0.416 e. The molecule has 212 valence electrons. The van der Waals surface area contributed by atoms with Gasteiger partial charge in [0.2, 0.25) is 0 Å². The first-order valence-electron chi connectivity index (χ1n) is 11.8. The number of halogens is 9. The van der Waals surface area contributed by atoms with E-state index in [2.05, 4.69) is 20.7 Å². The van der Waals surface area contributed by atoms with Crippen molar-refractivity contribution in [2.24, 2.45) is 7.05 Å². The average Bonchev–Trinajstić information content (AvgIpc) is 3.15. The summed E-state index contributed by atoms with van der Waals surface area (Å²) in [6, 6.07) is 2.83. The fourth-order valence-corrected chi connectivity index (χ4v) is 4.66. The monoisotopic (exact) mass is 566 g/mol. The van der Waals surface area contributed by atoms with Crippen molar-refractivity contribution in [3.63, 3.8) is 0 Å². The van der Waals surface area contributed by atoms with Crippen molar-refractivity contribution in [3.05, 3.63) is 63.7 Å². The summed E-state index contributed by atoms with van der Waals surface area (Å²) in [6.07, 6.45) is -13.9. The lowest BCUT2D eigenvalue weighted by Gasteiger charge is -2.32. The molecule has 0 bridgehead atoms. The number of alkyl halides is 9. The number of hydrogen-bond acceptors (Lipinski definition) is 5. The van der Waals surface area contributed by atoms with E-state index in [0.29, 0.717) is 37.1 Å². The van der Waals surface area contributed by atoms with E-state index in [4.69, 9.17) is 0 Å². The number of aromatic nitrogens is 4. The third kappa shape index (κ3) is 6.22. The molecule has 3 aromatic rings. The molecule has 15 heteroatoms. The van der Waals surface area contributed by atoms with Gasteiger partial charge in [-0.25, -0.2) is 0 Å². The summed E-state index contributed by atoms with van der Waals surface area (Å²) in [6.45, 7) is 1.36. The van der Waals surface area contributed by atoms with E-state index in [1.165, 1.54) is 18.0 Å². The van der Waals surface area contributed by atoms with E-state index in [-0.39, 0.29) is 35.2 Å². The molecule has 1 atom stereocenters. The molecule has 0 fully saturated rings. The van der Waals surface area contributed by atoms with Crippen LogP contribution in [-0.2, 0) is 38.5 Å². The van der Waals surface area contributed by atoms with Gasteiger partial charge in [-0.2, -0.15) is 44.3 Å². The van der Waals surface area contributed by atoms with Crippen LogP contribution in [0.25, 0.3) is 0 Å². The lowest BCUT2D eigenvalue weighted by molar-refractivity contribution is -0.143. The number of nitrogens with zero attached hydrogens (tertiary/aromatic N) is 5. The first-order chi connectivity index (χ1) is 18.1. The van der Waals surface area contributed by atoms with Crippen LogP contribution in [0.1, 0.15) is 59.2 Å². The molecule has 0 saturated carbocycles. The highest BCUT2D eigenvalue weighted by Gasteiger charge is 2.39. The Hall–Kier alpha value is -3.52. The standard InChI is InChI=1S/C24H23F9N6/c1-3-14-9-17-19(11-18(14)24(31,32)33)34-6-4-5-20(17)39(21-35-37-38(2)36-21)12-13-7-15(22(25,26)27)10-16(8-13)23(28,29)30/h7-11,20,34H,3-6,12H2,1-2H3. The van der Waals surface area contributed by atoms with Crippen LogP contribution in [0.5, 0.6) is 0 Å². The number of tetrazole rings is 1. The number of nitrogens with one attached hydrogen (secondary N) is 1. The minimum Gasteiger partial charge on any atom is -0.385 e. The molecule has 1 aliphatic heterocycles. The van der Waals surface area contributed by atoms with Crippen LogP contribution in [-0.4, -0.2) is 26.8 Å². The molecule has 6 nitrogen and oxygen atoms in total. The van der Waals surface area contributed by atoms with E-state index < -0.39 is 47.8 Å². The van der Waals surface area contributed by atoms with Gasteiger partial charge in [0.1, 0.15) is 0 Å². The van der Waals surface area contributed by atoms with Gasteiger partial charge in [0, 0.05) is 18.8 Å². The molecule has 2 aromatic carbocycles. The second-order valence-electron chi connectivity index (χ2n) is 9.15. The van der Waals surface area contributed by atoms with Gasteiger partial charge in [0.15, 0.2) is 0 Å². The van der Waals surface area contributed by atoms with Crippen LogP contribution in [0.4, 0.5) is 51.1 Å². The van der Waals surface area contributed by atoms with Crippen molar-refractivity contribution in [2.75, 3.05) is 16.8 Å². The molecule has 1 aromatic heterocycles. The minimum absolute atomic E-state index is 0.000400. The van der Waals surface area contributed by atoms with Crippen LogP contribution in [0.2, 0.25) is 0 Å². The van der Waals surface area contributed by atoms with Crippen molar-refractivity contribution < 1.29 is 39.5 Å². The first-order valence-corrected chi connectivity index (χ1v) is 11.8. The summed E-state index contributed by atoms with van der Waals surface area (Å²) in [7, 11) is 1.42. The highest BCUT2D eigenvalue weighted by Crippen LogP contribution is 2.43. The lowest BCUT2D eigenvalue weighted by atomic mass is 9.93. The first kappa shape index (κ1) is 28.5. The van der Waals surface area contributed by atoms with Crippen molar-refractivity contribution in [2.45, 2.75) is 57.3 Å². The second kappa shape index (κ2) is 10.2. The fraction of sp³-hybridized carbons (Fsp3) is 0.458. The molecule has 1 N–H and O–H groups in total. The molecular weight excluding hydrogens is 543 g/mol. The molecule has 0 saturated heterocycles. The van der Waals surface area contributed by atoms with Gasteiger partial charge in [-0.3, -0.25) is 0 Å². The Kier molecular flexibility index (Phi) is 7.47. The second-order valence-corrected chi connectivity index (χ2v) is 9.15. The SMILES string of the molecule is CCc1cc2c(cc1C(F)(F)F)NCCCC2N(Cc1cc(C(F)(F)F)cc(C(F)(F)F)c1)c1nnn(C)n1. The number of anilines is 2. The topological polar surface area (TPSA) is 58.9 Å². The number of benzene rings is 2. The van der Waals surface area contributed by atoms with Crippen molar-refractivity contribution in [3.8, 4) is 0 Å². The number of hydrogen-bond donors (Lipinski definition) is 1. The Labute approximate surface area is 216 Å². The average molecular weight is 566 g/mol. The van der Waals surface area contributed by atoms with Gasteiger partial charge in [-0.05, 0) is 65.4 Å². The smallest absolute Gasteiger partial charge is 0.385 e. The summed E-state index contributed by atoms with van der Waals surface area (Å²) in [5.41, 5.74) is -3.56. The van der Waals surface area contributed by atoms with Crippen LogP contribution >= 0.6 is 0 Å². The van der Waals surface area contributed by atoms with Gasteiger partial charge in [-0.1, -0.05) is 18.1 Å². The largest absolute Gasteiger partial charge is 0.416 e. The van der Waals surface area contributed by atoms with E-state index in [1.807, 2.05) is 0 Å². The van der Waals surface area contributed by atoms with Crippen LogP contribution < -0.4 is 10.2 Å². The van der Waals surface area contributed by atoms with E-state index in [9.17, 15) is 39.5 Å². The Morgan fingerprint density at radius 3 is 2.08 bits per heavy atom. The minimum atomic E-state index is -5.05. The van der Waals surface area contributed by atoms with Gasteiger partial charge >= 0.3 is 18.5 Å². The van der Waals surface area contributed by atoms with Crippen molar-refractivity contribution in [1.82, 2.24) is 20.2 Å². The Morgan fingerprint density at radius 1 is 0.923 bits per heavy atom. The molecule has 2 heterocycles. The third-order valence-corrected chi connectivity index (χ3v) is 6.42. The molecule has 0 radical (unpaired) electrons. The van der Waals surface area contributed by atoms with E-state index >= 15 is 0 Å². The molecule has 0 aliphatic carbocycles. The summed E-state index contributed by atoms with van der Waals surface area (Å²) in [4.78, 5) is 2.44. The van der Waals surface area contributed by atoms with Crippen LogP contribution in [0, 0.1) is 0 Å². The zero-order valence-electron chi connectivity index (χ0n) is 20.6. The summed E-state index contributed by atoms with van der Waals surface area (Å²) < 4.78 is 122. The molecule has 39 heavy (non-hydrogen) atoms. The van der Waals surface area contributed by atoms with Gasteiger partial charge in [0.05, 0.1) is 29.8 Å².